The zero-order valence-corrected chi connectivity index (χ0v) is 11.1. The number of hydrogen-bond acceptors (Lipinski definition) is 5. The first kappa shape index (κ1) is 12.5. The zero-order chi connectivity index (χ0) is 13.1. The smallest absolute Gasteiger partial charge is 0.257 e. The molecule has 0 aliphatic heterocycles. The second kappa shape index (κ2) is 5.14. The molecule has 0 fully saturated rings. The molecule has 0 radical (unpaired) electrons. The van der Waals surface area contributed by atoms with Crippen LogP contribution in [0.2, 0.25) is 0 Å². The van der Waals surface area contributed by atoms with Gasteiger partial charge in [-0.15, -0.1) is 11.3 Å². The number of aromatic nitrogens is 2. The van der Waals surface area contributed by atoms with Gasteiger partial charge in [0.15, 0.2) is 0 Å². The summed E-state index contributed by atoms with van der Waals surface area (Å²) in [7, 11) is 1.73. The van der Waals surface area contributed by atoms with Crippen molar-refractivity contribution in [3.8, 4) is 0 Å². The Kier molecular flexibility index (Phi) is 3.57. The monoisotopic (exact) mass is 262 g/mol. The predicted octanol–water partition coefficient (Wildman–Crippen LogP) is 1.70. The molecule has 2 aromatic rings. The van der Waals surface area contributed by atoms with Crippen molar-refractivity contribution >= 4 is 22.9 Å². The number of nitrogens with two attached hydrogens (primary N) is 1. The molecule has 2 heterocycles. The minimum absolute atomic E-state index is 0.147. The van der Waals surface area contributed by atoms with Crippen molar-refractivity contribution in [1.82, 2.24) is 14.9 Å². The van der Waals surface area contributed by atoms with Gasteiger partial charge >= 0.3 is 0 Å². The highest BCUT2D eigenvalue weighted by molar-refractivity contribution is 7.09. The molecule has 0 saturated heterocycles. The minimum Gasteiger partial charge on any atom is -0.398 e. The summed E-state index contributed by atoms with van der Waals surface area (Å²) in [5, 5.41) is 2.94. The molecule has 6 heteroatoms. The van der Waals surface area contributed by atoms with Crippen LogP contribution in [0.4, 0.5) is 5.69 Å². The lowest BCUT2D eigenvalue weighted by Crippen LogP contribution is -2.27. The molecule has 0 aliphatic carbocycles. The van der Waals surface area contributed by atoms with Crippen molar-refractivity contribution in [3.63, 3.8) is 0 Å². The summed E-state index contributed by atoms with van der Waals surface area (Å²) in [6.45, 7) is 2.41. The third-order valence-electron chi connectivity index (χ3n) is 2.50. The third-order valence-corrected chi connectivity index (χ3v) is 3.32. The Morgan fingerprint density at radius 1 is 1.56 bits per heavy atom. The van der Waals surface area contributed by atoms with E-state index in [1.54, 1.807) is 35.5 Å². The summed E-state index contributed by atoms with van der Waals surface area (Å²) in [6, 6.07) is 1.62. The molecular formula is C12H14N4OS. The van der Waals surface area contributed by atoms with E-state index in [0.717, 1.165) is 10.7 Å². The van der Waals surface area contributed by atoms with Gasteiger partial charge in [0.05, 0.1) is 22.8 Å². The maximum absolute atomic E-state index is 12.2. The van der Waals surface area contributed by atoms with Gasteiger partial charge in [0.1, 0.15) is 0 Å². The number of carbonyl (C=O) groups is 1. The molecule has 0 unspecified atom stereocenters. The van der Waals surface area contributed by atoms with E-state index in [2.05, 4.69) is 9.97 Å². The molecule has 94 valence electrons. The van der Waals surface area contributed by atoms with Crippen LogP contribution in [0.1, 0.15) is 21.1 Å². The first-order valence-corrected chi connectivity index (χ1v) is 6.32. The first-order chi connectivity index (χ1) is 8.58. The Labute approximate surface area is 109 Å². The van der Waals surface area contributed by atoms with Gasteiger partial charge in [0, 0.05) is 30.5 Å². The van der Waals surface area contributed by atoms with Crippen LogP contribution in [-0.2, 0) is 6.54 Å². The zero-order valence-electron chi connectivity index (χ0n) is 10.3. The van der Waals surface area contributed by atoms with E-state index in [0.29, 0.717) is 17.8 Å². The number of anilines is 1. The number of aryl methyl sites for hydroxylation is 1. The van der Waals surface area contributed by atoms with Crippen LogP contribution in [0.3, 0.4) is 0 Å². The maximum Gasteiger partial charge on any atom is 0.257 e. The van der Waals surface area contributed by atoms with Gasteiger partial charge < -0.3 is 10.6 Å². The normalized spacial score (nSPS) is 10.3. The molecule has 0 bridgehead atoms. The summed E-state index contributed by atoms with van der Waals surface area (Å²) < 4.78 is 0. The Morgan fingerprint density at radius 2 is 2.33 bits per heavy atom. The van der Waals surface area contributed by atoms with Crippen molar-refractivity contribution in [2.75, 3.05) is 12.8 Å². The Morgan fingerprint density at radius 3 is 2.94 bits per heavy atom. The lowest BCUT2D eigenvalue weighted by Gasteiger charge is -2.16. The molecule has 0 saturated carbocycles. The molecule has 18 heavy (non-hydrogen) atoms. The number of nitrogens with zero attached hydrogens (tertiary/aromatic N) is 3. The second-order valence-electron chi connectivity index (χ2n) is 3.98. The van der Waals surface area contributed by atoms with Crippen LogP contribution in [0.15, 0.2) is 23.8 Å². The van der Waals surface area contributed by atoms with Gasteiger partial charge in [-0.05, 0) is 13.0 Å². The quantitative estimate of drug-likeness (QED) is 0.913. The minimum atomic E-state index is -0.147. The fourth-order valence-electron chi connectivity index (χ4n) is 1.59. The van der Waals surface area contributed by atoms with Crippen LogP contribution < -0.4 is 5.73 Å². The fraction of sp³-hybridized carbons (Fsp3) is 0.250. The van der Waals surface area contributed by atoms with Crippen LogP contribution in [0.5, 0.6) is 0 Å². The number of carbonyl (C=O) groups excluding carboxylic acids is 1. The number of hydrogen-bond donors (Lipinski definition) is 1. The molecule has 5 nitrogen and oxygen atoms in total. The largest absolute Gasteiger partial charge is 0.398 e. The summed E-state index contributed by atoms with van der Waals surface area (Å²) >= 11 is 1.57. The van der Waals surface area contributed by atoms with Crippen molar-refractivity contribution < 1.29 is 4.79 Å². The van der Waals surface area contributed by atoms with Crippen molar-refractivity contribution in [2.45, 2.75) is 13.5 Å². The highest BCUT2D eigenvalue weighted by atomic mass is 32.1. The van der Waals surface area contributed by atoms with E-state index in [9.17, 15) is 4.79 Å². The molecule has 0 aromatic carbocycles. The molecule has 0 spiro atoms. The lowest BCUT2D eigenvalue weighted by molar-refractivity contribution is 0.0784. The fourth-order valence-corrected chi connectivity index (χ4v) is 2.19. The molecule has 1 amide bonds. The molecule has 0 atom stereocenters. The van der Waals surface area contributed by atoms with E-state index >= 15 is 0 Å². The van der Waals surface area contributed by atoms with Crippen LogP contribution >= 0.6 is 11.3 Å². The van der Waals surface area contributed by atoms with Gasteiger partial charge in [0.2, 0.25) is 0 Å². The Bertz CT molecular complexity index is 567. The van der Waals surface area contributed by atoms with Crippen molar-refractivity contribution in [3.05, 3.63) is 40.1 Å². The van der Waals surface area contributed by atoms with Crippen LogP contribution in [0, 0.1) is 6.92 Å². The number of amides is 1. The first-order valence-electron chi connectivity index (χ1n) is 5.44. The topological polar surface area (TPSA) is 72.1 Å². The standard InChI is InChI=1S/C12H14N4OS/c1-8-15-9(7-18-8)6-16(2)12(17)10-5-14-4-3-11(10)13/h3-5,7H,6H2,1-2H3,(H2,13,14). The van der Waals surface area contributed by atoms with Gasteiger partial charge in [-0.3, -0.25) is 9.78 Å². The predicted molar refractivity (Wildman–Crippen MR) is 71.3 cm³/mol. The van der Waals surface area contributed by atoms with E-state index in [1.165, 1.54) is 6.20 Å². The van der Waals surface area contributed by atoms with Crippen molar-refractivity contribution in [2.24, 2.45) is 0 Å². The average molecular weight is 262 g/mol. The van der Waals surface area contributed by atoms with Gasteiger partial charge in [0.25, 0.3) is 5.91 Å². The SMILES string of the molecule is Cc1nc(CN(C)C(=O)c2cnccc2N)cs1. The summed E-state index contributed by atoms with van der Waals surface area (Å²) in [5.41, 5.74) is 7.50. The van der Waals surface area contributed by atoms with E-state index < -0.39 is 0 Å². The maximum atomic E-state index is 12.2. The Balaban J connectivity index is 2.12. The lowest BCUT2D eigenvalue weighted by atomic mass is 10.2. The third kappa shape index (κ3) is 2.65. The van der Waals surface area contributed by atoms with Gasteiger partial charge in [-0.25, -0.2) is 4.98 Å². The van der Waals surface area contributed by atoms with Crippen LogP contribution in [-0.4, -0.2) is 27.8 Å². The van der Waals surface area contributed by atoms with Crippen molar-refractivity contribution in [1.29, 1.82) is 0 Å². The second-order valence-corrected chi connectivity index (χ2v) is 5.04. The Hall–Kier alpha value is -1.95. The molecule has 2 N–H and O–H groups in total. The average Bonchev–Trinajstić information content (AvgIpc) is 2.74. The summed E-state index contributed by atoms with van der Waals surface area (Å²) in [5.74, 6) is -0.147. The highest BCUT2D eigenvalue weighted by Gasteiger charge is 2.15. The number of thiazole rings is 1. The van der Waals surface area contributed by atoms with Crippen LogP contribution in [0.25, 0.3) is 0 Å². The van der Waals surface area contributed by atoms with Gasteiger partial charge in [-0.2, -0.15) is 0 Å². The molecular weight excluding hydrogens is 248 g/mol. The molecule has 0 aliphatic rings. The molecule has 2 aromatic heterocycles. The number of nitrogen functional groups attached to an aromatic ring is 1. The molecule has 2 rings (SSSR count). The highest BCUT2D eigenvalue weighted by Crippen LogP contribution is 2.14. The summed E-state index contributed by atoms with van der Waals surface area (Å²) in [4.78, 5) is 22.0. The number of rotatable bonds is 3. The van der Waals surface area contributed by atoms with E-state index in [4.69, 9.17) is 5.73 Å². The van der Waals surface area contributed by atoms with Gasteiger partial charge in [-0.1, -0.05) is 0 Å². The number of pyridine rings is 1. The summed E-state index contributed by atoms with van der Waals surface area (Å²) in [6.07, 6.45) is 3.05. The van der Waals surface area contributed by atoms with E-state index in [1.807, 2.05) is 12.3 Å². The van der Waals surface area contributed by atoms with E-state index in [-0.39, 0.29) is 5.91 Å².